The van der Waals surface area contributed by atoms with E-state index in [1.165, 1.54) is 0 Å². The van der Waals surface area contributed by atoms with Crippen molar-refractivity contribution in [3.63, 3.8) is 0 Å². The van der Waals surface area contributed by atoms with Crippen LogP contribution in [0.1, 0.15) is 32.1 Å². The van der Waals surface area contributed by atoms with Crippen molar-refractivity contribution in [2.24, 2.45) is 5.92 Å². The van der Waals surface area contributed by atoms with E-state index in [4.69, 9.17) is 9.47 Å². The number of piperazine rings is 1. The number of ether oxygens (including phenoxy) is 2. The minimum Gasteiger partial charge on any atom is -0.495 e. The van der Waals surface area contributed by atoms with Crippen molar-refractivity contribution < 1.29 is 9.47 Å². The van der Waals surface area contributed by atoms with Crippen LogP contribution in [-0.4, -0.2) is 72.1 Å². The molecule has 0 saturated carbocycles. The Morgan fingerprint density at radius 1 is 1.07 bits per heavy atom. The highest BCUT2D eigenvalue weighted by atomic mass is 16.5. The van der Waals surface area contributed by atoms with Crippen molar-refractivity contribution >= 4 is 5.69 Å². The molecule has 1 unspecified atom stereocenters. The summed E-state index contributed by atoms with van der Waals surface area (Å²) < 4.78 is 12.6. The number of rotatable bonds is 9. The summed E-state index contributed by atoms with van der Waals surface area (Å²) in [6, 6.07) is 8.44. The van der Waals surface area contributed by atoms with Crippen LogP contribution in [0.3, 0.4) is 0 Å². The molecule has 0 N–H and O–H groups in total. The Labute approximate surface area is 167 Å². The molecule has 0 spiro atoms. The van der Waals surface area contributed by atoms with Crippen molar-refractivity contribution in [2.75, 3.05) is 51.9 Å². The minimum atomic E-state index is 0.215. The van der Waals surface area contributed by atoms with Crippen LogP contribution in [0.15, 0.2) is 24.3 Å². The van der Waals surface area contributed by atoms with Gasteiger partial charge in [0.25, 0.3) is 0 Å². The molecular weight excluding hydrogens is 356 g/mol. The molecule has 2 heterocycles. The fourth-order valence-electron chi connectivity index (χ4n) is 3.82. The van der Waals surface area contributed by atoms with Gasteiger partial charge in [-0.3, -0.25) is 4.90 Å². The highest BCUT2D eigenvalue weighted by Gasteiger charge is 2.30. The largest absolute Gasteiger partial charge is 0.495 e. The van der Waals surface area contributed by atoms with E-state index in [0.29, 0.717) is 19.1 Å². The van der Waals surface area contributed by atoms with Crippen LogP contribution >= 0.6 is 0 Å². The predicted octanol–water partition coefficient (Wildman–Crippen LogP) is 2.24. The zero-order valence-electron chi connectivity index (χ0n) is 17.4. The predicted molar refractivity (Wildman–Crippen MR) is 109 cm³/mol. The van der Waals surface area contributed by atoms with Gasteiger partial charge in [0, 0.05) is 33.3 Å². The third kappa shape index (κ3) is 4.80. The second kappa shape index (κ2) is 9.84. The standard InChI is InChI=1S/C20H32N6O2/c1-16(2)15-18(20-21-22-23-26(20)13-14-27-3)25-11-9-24(10-12-25)17-7-5-6-8-19(17)28-4/h5-8,16,18H,9-15H2,1-4H3. The molecule has 1 atom stereocenters. The molecule has 154 valence electrons. The van der Waals surface area contributed by atoms with Crippen molar-refractivity contribution in [1.29, 1.82) is 0 Å². The van der Waals surface area contributed by atoms with Crippen molar-refractivity contribution in [3.8, 4) is 5.75 Å². The van der Waals surface area contributed by atoms with Gasteiger partial charge in [0.05, 0.1) is 32.0 Å². The number of benzene rings is 1. The average molecular weight is 389 g/mol. The van der Waals surface area contributed by atoms with Gasteiger partial charge in [0.2, 0.25) is 0 Å². The summed E-state index contributed by atoms with van der Waals surface area (Å²) in [5.74, 6) is 2.43. The normalized spacial score (nSPS) is 16.5. The molecule has 1 fully saturated rings. The molecule has 28 heavy (non-hydrogen) atoms. The summed E-state index contributed by atoms with van der Waals surface area (Å²) in [6.07, 6.45) is 1.03. The number of tetrazole rings is 1. The molecule has 0 radical (unpaired) electrons. The number of methoxy groups -OCH3 is 2. The summed E-state index contributed by atoms with van der Waals surface area (Å²) >= 11 is 0. The van der Waals surface area contributed by atoms with Crippen LogP contribution in [-0.2, 0) is 11.3 Å². The van der Waals surface area contributed by atoms with Gasteiger partial charge in [-0.1, -0.05) is 26.0 Å². The maximum absolute atomic E-state index is 5.54. The number of hydrogen-bond acceptors (Lipinski definition) is 7. The average Bonchev–Trinajstić information content (AvgIpc) is 3.18. The summed E-state index contributed by atoms with van der Waals surface area (Å²) in [5.41, 5.74) is 1.16. The Morgan fingerprint density at radius 3 is 2.50 bits per heavy atom. The van der Waals surface area contributed by atoms with Gasteiger partial charge in [0.1, 0.15) is 5.75 Å². The van der Waals surface area contributed by atoms with Gasteiger partial charge >= 0.3 is 0 Å². The zero-order chi connectivity index (χ0) is 19.9. The van der Waals surface area contributed by atoms with E-state index < -0.39 is 0 Å². The lowest BCUT2D eigenvalue weighted by Crippen LogP contribution is -2.48. The SMILES string of the molecule is COCCn1nnnc1C(CC(C)C)N1CCN(c2ccccc2OC)CC1. The first kappa shape index (κ1) is 20.5. The second-order valence-corrected chi connectivity index (χ2v) is 7.59. The third-order valence-corrected chi connectivity index (χ3v) is 5.24. The lowest BCUT2D eigenvalue weighted by Gasteiger charge is -2.40. The third-order valence-electron chi connectivity index (χ3n) is 5.24. The number of aromatic nitrogens is 4. The zero-order valence-corrected chi connectivity index (χ0v) is 17.4. The lowest BCUT2D eigenvalue weighted by atomic mass is 10.0. The van der Waals surface area contributed by atoms with Crippen LogP contribution in [0.4, 0.5) is 5.69 Å². The van der Waals surface area contributed by atoms with Crippen LogP contribution < -0.4 is 9.64 Å². The fourth-order valence-corrected chi connectivity index (χ4v) is 3.82. The van der Waals surface area contributed by atoms with Crippen LogP contribution in [0.25, 0.3) is 0 Å². The first-order chi connectivity index (χ1) is 13.6. The Hall–Kier alpha value is -2.19. The first-order valence-electron chi connectivity index (χ1n) is 10.0. The lowest BCUT2D eigenvalue weighted by molar-refractivity contribution is 0.145. The molecule has 1 aliphatic rings. The highest BCUT2D eigenvalue weighted by molar-refractivity contribution is 5.58. The maximum Gasteiger partial charge on any atom is 0.168 e. The topological polar surface area (TPSA) is 68.5 Å². The second-order valence-electron chi connectivity index (χ2n) is 7.59. The molecule has 0 amide bonds. The van der Waals surface area contributed by atoms with E-state index in [1.54, 1.807) is 14.2 Å². The summed E-state index contributed by atoms with van der Waals surface area (Å²) in [4.78, 5) is 4.91. The van der Waals surface area contributed by atoms with Crippen molar-refractivity contribution in [1.82, 2.24) is 25.1 Å². The highest BCUT2D eigenvalue weighted by Crippen LogP contribution is 2.31. The van der Waals surface area contributed by atoms with Gasteiger partial charge < -0.3 is 14.4 Å². The molecule has 8 heteroatoms. The van der Waals surface area contributed by atoms with Crippen LogP contribution in [0.5, 0.6) is 5.75 Å². The molecule has 1 aliphatic heterocycles. The molecule has 2 aromatic rings. The molecule has 8 nitrogen and oxygen atoms in total. The monoisotopic (exact) mass is 388 g/mol. The minimum absolute atomic E-state index is 0.215. The molecule has 1 saturated heterocycles. The number of para-hydroxylation sites is 2. The van der Waals surface area contributed by atoms with E-state index in [9.17, 15) is 0 Å². The summed E-state index contributed by atoms with van der Waals surface area (Å²) in [6.45, 7) is 9.62. The van der Waals surface area contributed by atoms with E-state index in [1.807, 2.05) is 16.8 Å². The van der Waals surface area contributed by atoms with Crippen molar-refractivity contribution in [2.45, 2.75) is 32.9 Å². The molecule has 3 rings (SSSR count). The van der Waals surface area contributed by atoms with E-state index in [2.05, 4.69) is 51.3 Å². The summed E-state index contributed by atoms with van der Waals surface area (Å²) in [5, 5.41) is 12.5. The molecule has 0 aliphatic carbocycles. The van der Waals surface area contributed by atoms with Crippen LogP contribution in [0, 0.1) is 5.92 Å². The summed E-state index contributed by atoms with van der Waals surface area (Å²) in [7, 11) is 3.43. The first-order valence-corrected chi connectivity index (χ1v) is 10.0. The van der Waals surface area contributed by atoms with Crippen molar-refractivity contribution in [3.05, 3.63) is 30.1 Å². The number of nitrogens with zero attached hydrogens (tertiary/aromatic N) is 6. The smallest absolute Gasteiger partial charge is 0.168 e. The van der Waals surface area contributed by atoms with Gasteiger partial charge in [-0.05, 0) is 34.9 Å². The van der Waals surface area contributed by atoms with Gasteiger partial charge in [-0.2, -0.15) is 0 Å². The maximum atomic E-state index is 5.54. The Morgan fingerprint density at radius 2 is 1.82 bits per heavy atom. The molecule has 1 aromatic carbocycles. The number of anilines is 1. The number of hydrogen-bond donors (Lipinski definition) is 0. The quantitative estimate of drug-likeness (QED) is 0.652. The van der Waals surface area contributed by atoms with Crippen LogP contribution in [0.2, 0.25) is 0 Å². The van der Waals surface area contributed by atoms with E-state index >= 15 is 0 Å². The Balaban J connectivity index is 1.72. The van der Waals surface area contributed by atoms with Gasteiger partial charge in [-0.25, -0.2) is 4.68 Å². The van der Waals surface area contributed by atoms with Gasteiger partial charge in [0.15, 0.2) is 5.82 Å². The molecular formula is C20H32N6O2. The molecule has 1 aromatic heterocycles. The Bertz CT molecular complexity index is 727. The fraction of sp³-hybridized carbons (Fsp3) is 0.650. The molecule has 0 bridgehead atoms. The van der Waals surface area contributed by atoms with E-state index in [0.717, 1.165) is 49.9 Å². The Kier molecular flexibility index (Phi) is 7.22. The van der Waals surface area contributed by atoms with Gasteiger partial charge in [-0.15, -0.1) is 5.10 Å². The van der Waals surface area contributed by atoms with E-state index in [-0.39, 0.29) is 6.04 Å².